The molecular formula is C13H15BrN2O5. The number of halogens is 1. The minimum Gasteiger partial charge on any atom is -0.467 e. The normalized spacial score (nSPS) is 11.9. The average Bonchev–Trinajstić information content (AvgIpc) is 2.43. The van der Waals surface area contributed by atoms with Crippen LogP contribution in [0.4, 0.5) is 5.69 Å². The monoisotopic (exact) mass is 358 g/mol. The predicted octanol–water partition coefficient (Wildman–Crippen LogP) is 2.28. The Balaban J connectivity index is 3.05. The molecule has 7 nitrogen and oxygen atoms in total. The first-order valence-corrected chi connectivity index (χ1v) is 6.89. The summed E-state index contributed by atoms with van der Waals surface area (Å²) in [6.45, 7) is 3.51. The van der Waals surface area contributed by atoms with E-state index in [-0.39, 0.29) is 17.2 Å². The van der Waals surface area contributed by atoms with Gasteiger partial charge in [-0.3, -0.25) is 14.9 Å². The largest absolute Gasteiger partial charge is 0.467 e. The number of hydrogen-bond acceptors (Lipinski definition) is 5. The maximum absolute atomic E-state index is 12.2. The summed E-state index contributed by atoms with van der Waals surface area (Å²) in [6, 6.07) is 3.01. The number of nitrogens with one attached hydrogen (secondary N) is 1. The van der Waals surface area contributed by atoms with E-state index in [0.29, 0.717) is 4.47 Å². The van der Waals surface area contributed by atoms with E-state index in [1.54, 1.807) is 13.8 Å². The zero-order valence-electron chi connectivity index (χ0n) is 11.8. The molecule has 0 radical (unpaired) electrons. The van der Waals surface area contributed by atoms with E-state index < -0.39 is 22.8 Å². The molecule has 1 atom stereocenters. The lowest BCUT2D eigenvalue weighted by molar-refractivity contribution is -0.384. The van der Waals surface area contributed by atoms with Gasteiger partial charge >= 0.3 is 5.97 Å². The van der Waals surface area contributed by atoms with Crippen molar-refractivity contribution in [1.82, 2.24) is 5.32 Å². The predicted molar refractivity (Wildman–Crippen MR) is 78.9 cm³/mol. The minimum atomic E-state index is -0.825. The molecule has 0 saturated heterocycles. The van der Waals surface area contributed by atoms with Crippen molar-refractivity contribution in [3.05, 3.63) is 38.3 Å². The Morgan fingerprint density at radius 2 is 2.00 bits per heavy atom. The molecule has 0 unspecified atom stereocenters. The highest BCUT2D eigenvalue weighted by molar-refractivity contribution is 9.10. The molecule has 0 aliphatic heterocycles. The van der Waals surface area contributed by atoms with Crippen LogP contribution in [0.5, 0.6) is 0 Å². The lowest BCUT2D eigenvalue weighted by atomic mass is 10.0. The zero-order chi connectivity index (χ0) is 16.2. The van der Waals surface area contributed by atoms with Gasteiger partial charge in [0.2, 0.25) is 0 Å². The van der Waals surface area contributed by atoms with Crippen LogP contribution in [0.1, 0.15) is 24.2 Å². The molecule has 21 heavy (non-hydrogen) atoms. The van der Waals surface area contributed by atoms with E-state index in [9.17, 15) is 19.7 Å². The van der Waals surface area contributed by atoms with Crippen LogP contribution >= 0.6 is 15.9 Å². The van der Waals surface area contributed by atoms with E-state index in [0.717, 1.165) is 6.07 Å². The number of carbonyl (C=O) groups excluding carboxylic acids is 2. The van der Waals surface area contributed by atoms with E-state index in [1.165, 1.54) is 19.2 Å². The number of benzene rings is 1. The number of nitrogens with zero attached hydrogens (tertiary/aromatic N) is 1. The molecule has 1 amide bonds. The maximum atomic E-state index is 12.2. The second-order valence-corrected chi connectivity index (χ2v) is 5.49. The Bertz CT molecular complexity index is 574. The molecule has 0 aromatic heterocycles. The van der Waals surface area contributed by atoms with Crippen LogP contribution in [0.15, 0.2) is 22.7 Å². The summed E-state index contributed by atoms with van der Waals surface area (Å²) in [4.78, 5) is 34.0. The molecule has 0 fully saturated rings. The van der Waals surface area contributed by atoms with Gasteiger partial charge in [-0.1, -0.05) is 13.8 Å². The van der Waals surface area contributed by atoms with Crippen LogP contribution in [0.2, 0.25) is 0 Å². The van der Waals surface area contributed by atoms with Crippen molar-refractivity contribution in [2.24, 2.45) is 5.92 Å². The zero-order valence-corrected chi connectivity index (χ0v) is 13.3. The number of methoxy groups -OCH3 is 1. The number of ether oxygens (including phenoxy) is 1. The molecule has 0 heterocycles. The van der Waals surface area contributed by atoms with Gasteiger partial charge in [0.1, 0.15) is 6.04 Å². The highest BCUT2D eigenvalue weighted by atomic mass is 79.9. The average molecular weight is 359 g/mol. The maximum Gasteiger partial charge on any atom is 0.328 e. The number of rotatable bonds is 5. The molecule has 1 rings (SSSR count). The molecule has 0 aliphatic rings. The quantitative estimate of drug-likeness (QED) is 0.494. The third-order valence-electron chi connectivity index (χ3n) is 2.81. The topological polar surface area (TPSA) is 98.5 Å². The minimum absolute atomic E-state index is 0.0822. The van der Waals surface area contributed by atoms with Crippen molar-refractivity contribution >= 4 is 33.5 Å². The summed E-state index contributed by atoms with van der Waals surface area (Å²) >= 11 is 3.16. The number of non-ortho nitro benzene ring substituents is 1. The van der Waals surface area contributed by atoms with Crippen LogP contribution in [0.3, 0.4) is 0 Å². The number of hydrogen-bond donors (Lipinski definition) is 1. The molecule has 8 heteroatoms. The molecule has 1 aromatic carbocycles. The van der Waals surface area contributed by atoms with Crippen LogP contribution in [0, 0.1) is 16.0 Å². The Labute approximate surface area is 129 Å². The van der Waals surface area contributed by atoms with Gasteiger partial charge in [0.05, 0.1) is 17.6 Å². The third kappa shape index (κ3) is 4.25. The van der Waals surface area contributed by atoms with Crippen molar-refractivity contribution in [3.8, 4) is 0 Å². The lowest BCUT2D eigenvalue weighted by Gasteiger charge is -2.20. The Morgan fingerprint density at radius 1 is 1.38 bits per heavy atom. The third-order valence-corrected chi connectivity index (χ3v) is 3.51. The molecule has 0 saturated carbocycles. The van der Waals surface area contributed by atoms with Crippen molar-refractivity contribution in [2.75, 3.05) is 7.11 Å². The van der Waals surface area contributed by atoms with E-state index in [4.69, 9.17) is 0 Å². The summed E-state index contributed by atoms with van der Waals surface area (Å²) in [6.07, 6.45) is 0. The fourth-order valence-corrected chi connectivity index (χ4v) is 2.07. The van der Waals surface area contributed by atoms with Crippen LogP contribution in [-0.2, 0) is 9.53 Å². The van der Waals surface area contributed by atoms with Gasteiger partial charge in [-0.05, 0) is 27.9 Å². The van der Waals surface area contributed by atoms with Gasteiger partial charge in [0.15, 0.2) is 0 Å². The number of nitro groups is 1. The lowest BCUT2D eigenvalue weighted by Crippen LogP contribution is -2.45. The van der Waals surface area contributed by atoms with Gasteiger partial charge in [-0.15, -0.1) is 0 Å². The highest BCUT2D eigenvalue weighted by Gasteiger charge is 2.26. The summed E-state index contributed by atoms with van der Waals surface area (Å²) < 4.78 is 5.03. The standard InChI is InChI=1S/C13H15BrN2O5/c1-7(2)11(13(18)21-3)15-12(17)9-6-8(16(19)20)4-5-10(9)14/h4-7,11H,1-3H3,(H,15,17)/t11-/m0/s1. The van der Waals surface area contributed by atoms with Gasteiger partial charge in [0, 0.05) is 16.6 Å². The summed E-state index contributed by atoms with van der Waals surface area (Å²) in [7, 11) is 1.23. The molecule has 1 N–H and O–H groups in total. The summed E-state index contributed by atoms with van der Waals surface area (Å²) in [5.74, 6) is -1.34. The Morgan fingerprint density at radius 3 is 2.48 bits per heavy atom. The fourth-order valence-electron chi connectivity index (χ4n) is 1.64. The SMILES string of the molecule is COC(=O)[C@@H](NC(=O)c1cc([N+](=O)[O-])ccc1Br)C(C)C. The van der Waals surface area contributed by atoms with E-state index in [1.807, 2.05) is 0 Å². The van der Waals surface area contributed by atoms with Crippen LogP contribution < -0.4 is 5.32 Å². The van der Waals surface area contributed by atoms with Gasteiger partial charge in [-0.2, -0.15) is 0 Å². The fraction of sp³-hybridized carbons (Fsp3) is 0.385. The van der Waals surface area contributed by atoms with Gasteiger partial charge < -0.3 is 10.1 Å². The summed E-state index contributed by atoms with van der Waals surface area (Å²) in [5, 5.41) is 13.3. The molecular weight excluding hydrogens is 344 g/mol. The second kappa shape index (κ2) is 7.16. The summed E-state index contributed by atoms with van der Waals surface area (Å²) in [5.41, 5.74) is -0.124. The second-order valence-electron chi connectivity index (χ2n) is 4.64. The van der Waals surface area contributed by atoms with Crippen molar-refractivity contribution < 1.29 is 19.2 Å². The Kier molecular flexibility index (Phi) is 5.83. The molecule has 114 valence electrons. The van der Waals surface area contributed by atoms with E-state index >= 15 is 0 Å². The number of carbonyl (C=O) groups is 2. The molecule has 0 bridgehead atoms. The highest BCUT2D eigenvalue weighted by Crippen LogP contribution is 2.22. The first kappa shape index (κ1) is 17.1. The van der Waals surface area contributed by atoms with Crippen molar-refractivity contribution in [1.29, 1.82) is 0 Å². The smallest absolute Gasteiger partial charge is 0.328 e. The number of esters is 1. The van der Waals surface area contributed by atoms with Crippen molar-refractivity contribution in [3.63, 3.8) is 0 Å². The molecule has 0 aliphatic carbocycles. The van der Waals surface area contributed by atoms with E-state index in [2.05, 4.69) is 26.0 Å². The number of nitro benzene ring substituents is 1. The van der Waals surface area contributed by atoms with Crippen LogP contribution in [-0.4, -0.2) is 30.0 Å². The Hall–Kier alpha value is -1.96. The van der Waals surface area contributed by atoms with Gasteiger partial charge in [-0.25, -0.2) is 4.79 Å². The van der Waals surface area contributed by atoms with Crippen LogP contribution in [0.25, 0.3) is 0 Å². The van der Waals surface area contributed by atoms with Gasteiger partial charge in [0.25, 0.3) is 11.6 Å². The molecule has 1 aromatic rings. The first-order valence-electron chi connectivity index (χ1n) is 6.10. The first-order chi connectivity index (χ1) is 9.77. The molecule has 0 spiro atoms. The number of amides is 1. The van der Waals surface area contributed by atoms with Crippen molar-refractivity contribution in [2.45, 2.75) is 19.9 Å².